The first-order valence-corrected chi connectivity index (χ1v) is 10.2. The van der Waals surface area contributed by atoms with E-state index in [1.54, 1.807) is 30.5 Å². The van der Waals surface area contributed by atoms with Gasteiger partial charge in [-0.15, -0.1) is 5.10 Å². The molecular weight excluding hydrogens is 404 g/mol. The van der Waals surface area contributed by atoms with Crippen LogP contribution < -0.4 is 5.32 Å². The fourth-order valence-corrected chi connectivity index (χ4v) is 3.11. The Morgan fingerprint density at radius 3 is 2.77 bits per heavy atom. The van der Waals surface area contributed by atoms with E-state index < -0.39 is 5.97 Å². The average Bonchev–Trinajstić information content (AvgIpc) is 3.43. The number of carbonyl (C=O) groups is 2. The Hall–Kier alpha value is -3.66. The molecule has 9 nitrogen and oxygen atoms in total. The van der Waals surface area contributed by atoms with E-state index in [1.165, 1.54) is 0 Å². The molecule has 4 aromatic rings. The molecule has 154 valence electrons. The molecule has 0 spiro atoms. The van der Waals surface area contributed by atoms with E-state index in [9.17, 15) is 9.59 Å². The van der Waals surface area contributed by atoms with Crippen molar-refractivity contribution in [3.05, 3.63) is 54.2 Å². The molecule has 0 aliphatic carbocycles. The van der Waals surface area contributed by atoms with E-state index in [2.05, 4.69) is 30.7 Å². The molecule has 0 unspecified atom stereocenters. The van der Waals surface area contributed by atoms with E-state index >= 15 is 0 Å². The molecule has 0 aliphatic rings. The molecule has 0 radical (unpaired) electrons. The minimum atomic E-state index is -0.941. The Bertz CT molecular complexity index is 1170. The smallest absolute Gasteiger partial charge is 0.313 e. The molecule has 0 aliphatic heterocycles. The van der Waals surface area contributed by atoms with Crippen LogP contribution >= 0.6 is 11.8 Å². The van der Waals surface area contributed by atoms with Crippen LogP contribution in [0.3, 0.4) is 0 Å². The molecule has 0 saturated carbocycles. The maximum atomic E-state index is 12.6. The molecule has 0 bridgehead atoms. The van der Waals surface area contributed by atoms with Gasteiger partial charge in [0, 0.05) is 22.2 Å². The quantitative estimate of drug-likeness (QED) is 0.346. The van der Waals surface area contributed by atoms with Gasteiger partial charge in [0.05, 0.1) is 17.5 Å². The van der Waals surface area contributed by atoms with Crippen LogP contribution in [-0.4, -0.2) is 48.1 Å². The number of carbonyl (C=O) groups excluding carboxylic acids is 1. The molecule has 2 aromatic heterocycles. The van der Waals surface area contributed by atoms with Crippen LogP contribution in [0, 0.1) is 0 Å². The Labute approximate surface area is 176 Å². The SMILES string of the molecule is CC.O=C(O)CSc1n[nH]c(-c2cccc(C(=O)Nc3ccc4cn[nH]c4c3)c2)n1. The maximum absolute atomic E-state index is 12.6. The summed E-state index contributed by atoms with van der Waals surface area (Å²) in [6.45, 7) is 4.00. The second-order valence-electron chi connectivity index (χ2n) is 5.86. The lowest BCUT2D eigenvalue weighted by atomic mass is 10.1. The number of hydrogen-bond donors (Lipinski definition) is 4. The molecular formula is C20H20N6O3S. The third kappa shape index (κ3) is 5.03. The normalized spacial score (nSPS) is 10.3. The number of rotatable bonds is 6. The van der Waals surface area contributed by atoms with Crippen LogP contribution in [0.2, 0.25) is 0 Å². The molecule has 0 atom stereocenters. The number of amides is 1. The number of benzene rings is 2. The second kappa shape index (κ2) is 9.70. The van der Waals surface area contributed by atoms with Crippen molar-refractivity contribution in [1.82, 2.24) is 25.4 Å². The van der Waals surface area contributed by atoms with Gasteiger partial charge in [0.25, 0.3) is 5.91 Å². The third-order valence-electron chi connectivity index (χ3n) is 3.89. The molecule has 30 heavy (non-hydrogen) atoms. The standard InChI is InChI=1S/C18H14N6O3S.C2H6/c25-15(26)9-28-18-21-16(23-24-18)10-2-1-3-11(6-10)17(27)20-13-5-4-12-8-19-22-14(12)7-13;1-2/h1-8H,9H2,(H,19,22)(H,20,27)(H,25,26)(H,21,23,24);1-2H3. The maximum Gasteiger partial charge on any atom is 0.313 e. The summed E-state index contributed by atoms with van der Waals surface area (Å²) in [5.74, 6) is -0.870. The Morgan fingerprint density at radius 1 is 1.13 bits per heavy atom. The number of aromatic amines is 2. The van der Waals surface area contributed by atoms with Crippen LogP contribution in [0.1, 0.15) is 24.2 Å². The van der Waals surface area contributed by atoms with Gasteiger partial charge in [-0.3, -0.25) is 19.8 Å². The zero-order chi connectivity index (χ0) is 21.5. The summed E-state index contributed by atoms with van der Waals surface area (Å²) in [6, 6.07) is 12.4. The highest BCUT2D eigenvalue weighted by Crippen LogP contribution is 2.21. The minimum Gasteiger partial charge on any atom is -0.481 e. The van der Waals surface area contributed by atoms with Gasteiger partial charge < -0.3 is 10.4 Å². The fourth-order valence-electron chi connectivity index (χ4n) is 2.59. The topological polar surface area (TPSA) is 137 Å². The van der Waals surface area contributed by atoms with E-state index in [4.69, 9.17) is 5.11 Å². The van der Waals surface area contributed by atoms with E-state index in [1.807, 2.05) is 32.0 Å². The number of hydrogen-bond acceptors (Lipinski definition) is 6. The van der Waals surface area contributed by atoms with Crippen molar-refractivity contribution >= 4 is 40.2 Å². The summed E-state index contributed by atoms with van der Waals surface area (Å²) in [6.07, 6.45) is 1.71. The van der Waals surface area contributed by atoms with Gasteiger partial charge in [0.15, 0.2) is 5.82 Å². The van der Waals surface area contributed by atoms with E-state index in [-0.39, 0.29) is 11.7 Å². The van der Waals surface area contributed by atoms with Crippen LogP contribution in [0.4, 0.5) is 5.69 Å². The van der Waals surface area contributed by atoms with E-state index in [0.29, 0.717) is 27.8 Å². The molecule has 2 aromatic carbocycles. The number of H-pyrrole nitrogens is 2. The lowest BCUT2D eigenvalue weighted by Gasteiger charge is -2.06. The number of aliphatic carboxylic acids is 1. The summed E-state index contributed by atoms with van der Waals surface area (Å²) in [7, 11) is 0. The van der Waals surface area contributed by atoms with Gasteiger partial charge in [-0.05, 0) is 30.3 Å². The van der Waals surface area contributed by atoms with Gasteiger partial charge in [-0.2, -0.15) is 5.10 Å². The Balaban J connectivity index is 0.00000124. The second-order valence-corrected chi connectivity index (χ2v) is 6.80. The lowest BCUT2D eigenvalue weighted by Crippen LogP contribution is -2.11. The molecule has 10 heteroatoms. The summed E-state index contributed by atoms with van der Waals surface area (Å²) < 4.78 is 0. The van der Waals surface area contributed by atoms with Crippen LogP contribution in [0.15, 0.2) is 53.8 Å². The van der Waals surface area contributed by atoms with Crippen LogP contribution in [0.25, 0.3) is 22.3 Å². The number of aromatic nitrogens is 5. The molecule has 0 saturated heterocycles. The molecule has 4 rings (SSSR count). The largest absolute Gasteiger partial charge is 0.481 e. The highest BCUT2D eigenvalue weighted by molar-refractivity contribution is 7.99. The number of nitrogens with one attached hydrogen (secondary N) is 3. The summed E-state index contributed by atoms with van der Waals surface area (Å²) in [5, 5.41) is 26.4. The van der Waals surface area contributed by atoms with Gasteiger partial charge >= 0.3 is 5.97 Å². The summed E-state index contributed by atoms with van der Waals surface area (Å²) in [4.78, 5) is 27.5. The van der Waals surface area contributed by atoms with Crippen LogP contribution in [0.5, 0.6) is 0 Å². The predicted octanol–water partition coefficient (Wildman–Crippen LogP) is 3.80. The zero-order valence-electron chi connectivity index (χ0n) is 16.3. The Morgan fingerprint density at radius 2 is 1.97 bits per heavy atom. The van der Waals surface area contributed by atoms with Crippen LogP contribution in [-0.2, 0) is 4.79 Å². The highest BCUT2D eigenvalue weighted by atomic mass is 32.2. The van der Waals surface area contributed by atoms with Crippen molar-refractivity contribution in [3.63, 3.8) is 0 Å². The number of thioether (sulfide) groups is 1. The number of carboxylic acids is 1. The zero-order valence-corrected chi connectivity index (χ0v) is 17.2. The molecule has 1 amide bonds. The first kappa shape index (κ1) is 21.1. The van der Waals surface area contributed by atoms with Gasteiger partial charge in [-0.1, -0.05) is 37.7 Å². The first-order valence-electron chi connectivity index (χ1n) is 9.20. The highest BCUT2D eigenvalue weighted by Gasteiger charge is 2.12. The fraction of sp³-hybridized carbons (Fsp3) is 0.150. The van der Waals surface area contributed by atoms with Crippen molar-refractivity contribution in [2.45, 2.75) is 19.0 Å². The van der Waals surface area contributed by atoms with Gasteiger partial charge in [-0.25, -0.2) is 4.98 Å². The number of anilines is 1. The Kier molecular flexibility index (Phi) is 6.81. The number of fused-ring (bicyclic) bond motifs is 1. The van der Waals surface area contributed by atoms with Gasteiger partial charge in [0.2, 0.25) is 5.16 Å². The van der Waals surface area contributed by atoms with Crippen molar-refractivity contribution in [2.75, 3.05) is 11.1 Å². The van der Waals surface area contributed by atoms with Crippen molar-refractivity contribution in [3.8, 4) is 11.4 Å². The van der Waals surface area contributed by atoms with E-state index in [0.717, 1.165) is 22.7 Å². The first-order chi connectivity index (χ1) is 14.6. The monoisotopic (exact) mass is 424 g/mol. The van der Waals surface area contributed by atoms with Crippen molar-refractivity contribution in [1.29, 1.82) is 0 Å². The van der Waals surface area contributed by atoms with Gasteiger partial charge in [0.1, 0.15) is 0 Å². The average molecular weight is 424 g/mol. The van der Waals surface area contributed by atoms with Crippen molar-refractivity contribution < 1.29 is 14.7 Å². The molecule has 2 heterocycles. The number of carboxylic acid groups (broad SMARTS) is 1. The summed E-state index contributed by atoms with van der Waals surface area (Å²) in [5.41, 5.74) is 2.61. The van der Waals surface area contributed by atoms with Crippen molar-refractivity contribution in [2.24, 2.45) is 0 Å². The summed E-state index contributed by atoms with van der Waals surface area (Å²) >= 11 is 1.02. The minimum absolute atomic E-state index is 0.125. The third-order valence-corrected chi connectivity index (χ3v) is 4.72. The molecule has 0 fully saturated rings. The number of nitrogens with zero attached hydrogens (tertiary/aromatic N) is 3. The predicted molar refractivity (Wildman–Crippen MR) is 116 cm³/mol. The molecule has 4 N–H and O–H groups in total. The lowest BCUT2D eigenvalue weighted by molar-refractivity contribution is -0.133.